The lowest BCUT2D eigenvalue weighted by molar-refractivity contribution is -0.139. The number of benzene rings is 2. The van der Waals surface area contributed by atoms with Gasteiger partial charge in [-0.1, -0.05) is 12.1 Å². The van der Waals surface area contributed by atoms with Crippen molar-refractivity contribution in [1.29, 1.82) is 0 Å². The van der Waals surface area contributed by atoms with Gasteiger partial charge in [0.25, 0.3) is 5.91 Å². The molecule has 12 heteroatoms. The van der Waals surface area contributed by atoms with E-state index in [9.17, 15) is 35.6 Å². The van der Waals surface area contributed by atoms with Crippen molar-refractivity contribution in [3.05, 3.63) is 59.4 Å². The number of anilines is 1. The van der Waals surface area contributed by atoms with Crippen LogP contribution >= 0.6 is 0 Å². The molecule has 2 N–H and O–H groups in total. The highest BCUT2D eigenvalue weighted by molar-refractivity contribution is 7.89. The molecule has 33 heavy (non-hydrogen) atoms. The van der Waals surface area contributed by atoms with Crippen LogP contribution in [0.15, 0.2) is 47.4 Å². The first-order valence-corrected chi connectivity index (χ1v) is 11.4. The molecule has 1 heterocycles. The van der Waals surface area contributed by atoms with Crippen molar-refractivity contribution in [2.45, 2.75) is 23.9 Å². The zero-order valence-corrected chi connectivity index (χ0v) is 18.3. The Morgan fingerprint density at radius 3 is 2.30 bits per heavy atom. The van der Waals surface area contributed by atoms with Crippen LogP contribution in [0.2, 0.25) is 0 Å². The van der Waals surface area contributed by atoms with E-state index in [1.165, 1.54) is 25.2 Å². The Morgan fingerprint density at radius 2 is 1.70 bits per heavy atom. The zero-order valence-electron chi connectivity index (χ0n) is 17.4. The van der Waals surface area contributed by atoms with Gasteiger partial charge in [0.1, 0.15) is 5.82 Å². The quantitative estimate of drug-likeness (QED) is 0.633. The smallest absolute Gasteiger partial charge is 0.355 e. The molecule has 2 aromatic carbocycles. The highest BCUT2D eigenvalue weighted by atomic mass is 32.2. The number of nitrogens with zero attached hydrogens (tertiary/aromatic N) is 1. The van der Waals surface area contributed by atoms with Crippen molar-refractivity contribution in [3.63, 3.8) is 0 Å². The number of alkyl halides is 3. The van der Waals surface area contributed by atoms with E-state index in [-0.39, 0.29) is 37.2 Å². The van der Waals surface area contributed by atoms with Gasteiger partial charge in [0.05, 0.1) is 16.0 Å². The number of amides is 2. The van der Waals surface area contributed by atoms with E-state index in [0.29, 0.717) is 6.07 Å². The molecule has 0 aliphatic carbocycles. The Labute approximate surface area is 187 Å². The monoisotopic (exact) mass is 487 g/mol. The fourth-order valence-corrected chi connectivity index (χ4v) is 5.26. The van der Waals surface area contributed by atoms with Crippen LogP contribution < -0.4 is 10.6 Å². The SMILES string of the molecule is CNC(=O)c1cc(NC(=O)C2CCN(S(=O)(=O)c3ccccc3C(F)(F)F)CC2)ccc1F. The summed E-state index contributed by atoms with van der Waals surface area (Å²) >= 11 is 0. The van der Waals surface area contributed by atoms with Gasteiger partial charge in [-0.25, -0.2) is 12.8 Å². The maximum atomic E-state index is 13.8. The molecule has 1 aliphatic heterocycles. The minimum Gasteiger partial charge on any atom is -0.355 e. The van der Waals surface area contributed by atoms with E-state index < -0.39 is 50.2 Å². The number of hydrogen-bond acceptors (Lipinski definition) is 4. The molecule has 7 nitrogen and oxygen atoms in total. The number of sulfonamides is 1. The van der Waals surface area contributed by atoms with Crippen LogP contribution in [0.4, 0.5) is 23.2 Å². The van der Waals surface area contributed by atoms with Gasteiger partial charge in [0.15, 0.2) is 0 Å². The van der Waals surface area contributed by atoms with Crippen molar-refractivity contribution in [2.24, 2.45) is 5.92 Å². The molecule has 0 atom stereocenters. The van der Waals surface area contributed by atoms with Crippen molar-refractivity contribution >= 4 is 27.5 Å². The molecule has 3 rings (SSSR count). The lowest BCUT2D eigenvalue weighted by atomic mass is 9.97. The van der Waals surface area contributed by atoms with Gasteiger partial charge < -0.3 is 10.6 Å². The molecule has 0 radical (unpaired) electrons. The first-order chi connectivity index (χ1) is 15.4. The standard InChI is InChI=1S/C21H21F4N3O4S/c1-26-20(30)15-12-14(6-7-17(15)22)27-19(29)13-8-10-28(11-9-13)33(31,32)18-5-3-2-4-16(18)21(23,24)25/h2-7,12-13H,8-11H2,1H3,(H,26,30)(H,27,29). The number of carbonyl (C=O) groups excluding carboxylic acids is 2. The van der Waals surface area contributed by atoms with E-state index in [1.807, 2.05) is 0 Å². The van der Waals surface area contributed by atoms with Gasteiger partial charge in [-0.3, -0.25) is 9.59 Å². The van der Waals surface area contributed by atoms with Gasteiger partial charge in [0, 0.05) is 31.7 Å². The molecule has 0 bridgehead atoms. The molecular formula is C21H21F4N3O4S. The second-order valence-electron chi connectivity index (χ2n) is 7.44. The third-order valence-electron chi connectivity index (χ3n) is 5.34. The van der Waals surface area contributed by atoms with Crippen molar-refractivity contribution in [1.82, 2.24) is 9.62 Å². The molecular weight excluding hydrogens is 466 g/mol. The Morgan fingerprint density at radius 1 is 1.06 bits per heavy atom. The predicted octanol–water partition coefficient (Wildman–Crippen LogP) is 3.24. The number of carbonyl (C=O) groups is 2. The van der Waals surface area contributed by atoms with Gasteiger partial charge in [-0.05, 0) is 43.2 Å². The zero-order chi connectivity index (χ0) is 24.4. The first kappa shape index (κ1) is 24.6. The summed E-state index contributed by atoms with van der Waals surface area (Å²) in [6.07, 6.45) is -4.66. The highest BCUT2D eigenvalue weighted by Gasteiger charge is 2.40. The summed E-state index contributed by atoms with van der Waals surface area (Å²) in [6, 6.07) is 7.46. The second-order valence-corrected chi connectivity index (χ2v) is 9.34. The maximum absolute atomic E-state index is 13.8. The third-order valence-corrected chi connectivity index (χ3v) is 7.30. The summed E-state index contributed by atoms with van der Waals surface area (Å²) in [5, 5.41) is 4.86. The molecule has 1 fully saturated rings. The summed E-state index contributed by atoms with van der Waals surface area (Å²) in [7, 11) is -3.08. The average Bonchev–Trinajstić information content (AvgIpc) is 2.79. The summed E-state index contributed by atoms with van der Waals surface area (Å²) in [4.78, 5) is 23.5. The normalized spacial score (nSPS) is 15.8. The van der Waals surface area contributed by atoms with Crippen LogP contribution in [0.25, 0.3) is 0 Å². The van der Waals surface area contributed by atoms with Gasteiger partial charge in [0.2, 0.25) is 15.9 Å². The van der Waals surface area contributed by atoms with Crippen molar-refractivity contribution in [3.8, 4) is 0 Å². The minimum absolute atomic E-state index is 0.0861. The topological polar surface area (TPSA) is 95.6 Å². The van der Waals surface area contributed by atoms with Crippen LogP contribution in [-0.2, 0) is 21.0 Å². The van der Waals surface area contributed by atoms with Crippen LogP contribution in [0.5, 0.6) is 0 Å². The summed E-state index contributed by atoms with van der Waals surface area (Å²) in [5.41, 5.74) is -1.30. The number of halogens is 4. The Balaban J connectivity index is 1.69. The average molecular weight is 487 g/mol. The molecule has 0 saturated carbocycles. The number of rotatable bonds is 5. The predicted molar refractivity (Wildman–Crippen MR) is 111 cm³/mol. The first-order valence-electron chi connectivity index (χ1n) is 9.94. The number of hydrogen-bond donors (Lipinski definition) is 2. The van der Waals surface area contributed by atoms with Gasteiger partial charge in [-0.15, -0.1) is 0 Å². The summed E-state index contributed by atoms with van der Waals surface area (Å²) < 4.78 is 80.2. The van der Waals surface area contributed by atoms with E-state index >= 15 is 0 Å². The largest absolute Gasteiger partial charge is 0.417 e. The van der Waals surface area contributed by atoms with E-state index in [1.54, 1.807) is 0 Å². The van der Waals surface area contributed by atoms with Crippen molar-refractivity contribution in [2.75, 3.05) is 25.5 Å². The minimum atomic E-state index is -4.83. The lowest BCUT2D eigenvalue weighted by Gasteiger charge is -2.31. The van der Waals surface area contributed by atoms with Crippen molar-refractivity contribution < 1.29 is 35.6 Å². The lowest BCUT2D eigenvalue weighted by Crippen LogP contribution is -2.41. The molecule has 0 spiro atoms. The molecule has 178 valence electrons. The highest BCUT2D eigenvalue weighted by Crippen LogP contribution is 2.36. The van der Waals surface area contributed by atoms with E-state index in [0.717, 1.165) is 22.5 Å². The van der Waals surface area contributed by atoms with Crippen LogP contribution in [-0.4, -0.2) is 44.7 Å². The van der Waals surface area contributed by atoms with Crippen LogP contribution in [0.3, 0.4) is 0 Å². The molecule has 0 aromatic heterocycles. The molecule has 1 aliphatic rings. The number of nitrogens with one attached hydrogen (secondary N) is 2. The molecule has 1 saturated heterocycles. The summed E-state index contributed by atoms with van der Waals surface area (Å²) in [6.45, 7) is -0.279. The van der Waals surface area contributed by atoms with Gasteiger partial charge >= 0.3 is 6.18 Å². The maximum Gasteiger partial charge on any atom is 0.417 e. The second kappa shape index (κ2) is 9.48. The fourth-order valence-electron chi connectivity index (χ4n) is 3.58. The number of piperidine rings is 1. The molecule has 0 unspecified atom stereocenters. The Hall–Kier alpha value is -2.99. The third kappa shape index (κ3) is 5.33. The Bertz CT molecular complexity index is 1160. The molecule has 2 aromatic rings. The van der Waals surface area contributed by atoms with E-state index in [4.69, 9.17) is 0 Å². The Kier molecular flexibility index (Phi) is 7.08. The summed E-state index contributed by atoms with van der Waals surface area (Å²) in [5.74, 6) is -2.49. The fraction of sp³-hybridized carbons (Fsp3) is 0.333. The van der Waals surface area contributed by atoms with Crippen LogP contribution in [0, 0.1) is 11.7 Å². The van der Waals surface area contributed by atoms with Crippen LogP contribution in [0.1, 0.15) is 28.8 Å². The van der Waals surface area contributed by atoms with Gasteiger partial charge in [-0.2, -0.15) is 17.5 Å². The van der Waals surface area contributed by atoms with E-state index in [2.05, 4.69) is 10.6 Å². The molecule has 2 amide bonds.